The lowest BCUT2D eigenvalue weighted by molar-refractivity contribution is 0.0621. The summed E-state index contributed by atoms with van der Waals surface area (Å²) < 4.78 is 13.0. The van der Waals surface area contributed by atoms with Gasteiger partial charge in [0.15, 0.2) is 11.6 Å². The smallest absolute Gasteiger partial charge is 0.199 e. The Morgan fingerprint density at radius 1 is 0.886 bits per heavy atom. The number of aliphatic hydroxyl groups is 1. The van der Waals surface area contributed by atoms with Crippen molar-refractivity contribution in [2.75, 3.05) is 13.2 Å². The number of hydrogen-bond donors (Lipinski definition) is 1. The van der Waals surface area contributed by atoms with Crippen LogP contribution >= 0.6 is 0 Å². The highest BCUT2D eigenvalue weighted by molar-refractivity contribution is 6.10. The number of aromatic nitrogens is 2. The third-order valence-electron chi connectivity index (χ3n) is 5.37. The fourth-order valence-electron chi connectivity index (χ4n) is 3.47. The van der Waals surface area contributed by atoms with Gasteiger partial charge in [-0.15, -0.1) is 0 Å². The second-order valence-corrected chi connectivity index (χ2v) is 7.91. The normalized spacial score (nSPS) is 11.6. The summed E-state index contributed by atoms with van der Waals surface area (Å²) in [6.07, 6.45) is 2.72. The first kappa shape index (κ1) is 23.9. The minimum absolute atomic E-state index is 0.00102. The molecule has 0 aliphatic carbocycles. The van der Waals surface area contributed by atoms with Gasteiger partial charge in [-0.2, -0.15) is 5.10 Å². The first-order valence-electron chi connectivity index (χ1n) is 11.4. The number of hydrogen-bond acceptors (Lipinski definition) is 6. The van der Waals surface area contributed by atoms with E-state index in [0.29, 0.717) is 34.6 Å². The zero-order chi connectivity index (χ0) is 24.6. The molecule has 0 radical (unpaired) electrons. The van der Waals surface area contributed by atoms with Crippen molar-refractivity contribution in [1.82, 2.24) is 9.78 Å². The van der Waals surface area contributed by atoms with Gasteiger partial charge >= 0.3 is 0 Å². The Kier molecular flexibility index (Phi) is 7.70. The van der Waals surface area contributed by atoms with Crippen LogP contribution in [0.3, 0.4) is 0 Å². The van der Waals surface area contributed by atoms with Crippen LogP contribution in [0.2, 0.25) is 0 Å². The van der Waals surface area contributed by atoms with Gasteiger partial charge < -0.3 is 14.6 Å². The standard InChI is InChI=1S/C28H26N2O5/c1-2-26(32)20-12-14-24(15-13-20)34-18-23(31)19-35-27-11-7-6-10-25(27)28(33)21-16-29-30(17-21)22-8-4-3-5-9-22/h3-17,23,31H,2,18-19H2,1H3/t23-/m0/s1. The van der Waals surface area contributed by atoms with Gasteiger partial charge in [-0.1, -0.05) is 37.3 Å². The molecule has 4 aromatic rings. The van der Waals surface area contributed by atoms with Gasteiger partial charge in [0.05, 0.1) is 23.0 Å². The molecule has 7 nitrogen and oxygen atoms in total. The van der Waals surface area contributed by atoms with E-state index in [0.717, 1.165) is 5.69 Å². The predicted octanol–water partition coefficient (Wildman–Crippen LogP) is 4.51. The maximum atomic E-state index is 13.1. The third kappa shape index (κ3) is 6.02. The summed E-state index contributed by atoms with van der Waals surface area (Å²) in [5.74, 6) is 0.745. The number of benzene rings is 3. The van der Waals surface area contributed by atoms with Gasteiger partial charge in [0.25, 0.3) is 0 Å². The average molecular weight is 471 g/mol. The molecular formula is C28H26N2O5. The van der Waals surface area contributed by atoms with E-state index in [9.17, 15) is 14.7 Å². The summed E-state index contributed by atoms with van der Waals surface area (Å²) in [5, 5.41) is 14.6. The van der Waals surface area contributed by atoms with Gasteiger partial charge in [0, 0.05) is 18.2 Å². The van der Waals surface area contributed by atoms with Crippen LogP contribution in [0.25, 0.3) is 5.69 Å². The van der Waals surface area contributed by atoms with Crippen LogP contribution < -0.4 is 9.47 Å². The molecule has 0 saturated carbocycles. The van der Waals surface area contributed by atoms with Crippen LogP contribution in [0.15, 0.2) is 91.3 Å². The zero-order valence-electron chi connectivity index (χ0n) is 19.3. The zero-order valence-corrected chi connectivity index (χ0v) is 19.3. The minimum atomic E-state index is -0.920. The van der Waals surface area contributed by atoms with Crippen LogP contribution in [0.5, 0.6) is 11.5 Å². The first-order chi connectivity index (χ1) is 17.0. The molecule has 1 N–H and O–H groups in total. The van der Waals surface area contributed by atoms with Gasteiger partial charge in [-0.25, -0.2) is 4.68 Å². The van der Waals surface area contributed by atoms with E-state index in [2.05, 4.69) is 5.10 Å². The van der Waals surface area contributed by atoms with E-state index in [1.54, 1.807) is 59.4 Å². The Morgan fingerprint density at radius 3 is 2.31 bits per heavy atom. The Bertz CT molecular complexity index is 1280. The highest BCUT2D eigenvalue weighted by atomic mass is 16.5. The predicted molar refractivity (Wildman–Crippen MR) is 131 cm³/mol. The number of nitrogens with zero attached hydrogens (tertiary/aromatic N) is 2. The van der Waals surface area contributed by atoms with Crippen molar-refractivity contribution in [3.8, 4) is 17.2 Å². The van der Waals surface area contributed by atoms with E-state index < -0.39 is 6.10 Å². The minimum Gasteiger partial charge on any atom is -0.491 e. The Hall–Kier alpha value is -4.23. The van der Waals surface area contributed by atoms with Crippen molar-refractivity contribution >= 4 is 11.6 Å². The number of aliphatic hydroxyl groups excluding tert-OH is 1. The molecule has 178 valence electrons. The molecule has 0 spiro atoms. The summed E-state index contributed by atoms with van der Waals surface area (Å²) in [7, 11) is 0. The van der Waals surface area contributed by atoms with Gasteiger partial charge in [0.2, 0.25) is 0 Å². The highest BCUT2D eigenvalue weighted by Crippen LogP contribution is 2.22. The molecule has 0 aliphatic heterocycles. The van der Waals surface area contributed by atoms with Gasteiger partial charge in [0.1, 0.15) is 30.8 Å². The fourth-order valence-corrected chi connectivity index (χ4v) is 3.47. The summed E-state index contributed by atoms with van der Waals surface area (Å²) in [5.41, 5.74) is 2.29. The molecule has 7 heteroatoms. The molecule has 0 bridgehead atoms. The molecule has 1 heterocycles. The van der Waals surface area contributed by atoms with Crippen molar-refractivity contribution in [2.45, 2.75) is 19.4 Å². The van der Waals surface area contributed by atoms with Crippen LogP contribution in [-0.4, -0.2) is 45.8 Å². The summed E-state index contributed by atoms with van der Waals surface area (Å²) in [6.45, 7) is 1.76. The molecule has 0 amide bonds. The molecule has 35 heavy (non-hydrogen) atoms. The monoisotopic (exact) mass is 470 g/mol. The molecule has 0 fully saturated rings. The summed E-state index contributed by atoms with van der Waals surface area (Å²) in [6, 6.07) is 23.2. The van der Waals surface area contributed by atoms with Crippen LogP contribution in [0.4, 0.5) is 0 Å². The number of carbonyl (C=O) groups is 2. The van der Waals surface area contributed by atoms with Crippen molar-refractivity contribution in [1.29, 1.82) is 0 Å². The van der Waals surface area contributed by atoms with Crippen molar-refractivity contribution in [2.24, 2.45) is 0 Å². The number of carbonyl (C=O) groups excluding carboxylic acids is 2. The fraction of sp³-hybridized carbons (Fsp3) is 0.179. The van der Waals surface area contributed by atoms with E-state index >= 15 is 0 Å². The van der Waals surface area contributed by atoms with E-state index in [-0.39, 0.29) is 24.8 Å². The van der Waals surface area contributed by atoms with Crippen LogP contribution in [0, 0.1) is 0 Å². The van der Waals surface area contributed by atoms with Crippen LogP contribution in [-0.2, 0) is 0 Å². The number of para-hydroxylation sites is 2. The topological polar surface area (TPSA) is 90.7 Å². The average Bonchev–Trinajstić information content (AvgIpc) is 3.41. The van der Waals surface area contributed by atoms with Gasteiger partial charge in [-0.05, 0) is 48.5 Å². The Morgan fingerprint density at radius 2 is 1.57 bits per heavy atom. The van der Waals surface area contributed by atoms with E-state index in [1.165, 1.54) is 6.20 Å². The van der Waals surface area contributed by atoms with Crippen molar-refractivity contribution in [3.63, 3.8) is 0 Å². The van der Waals surface area contributed by atoms with Crippen molar-refractivity contribution < 1.29 is 24.2 Å². The first-order valence-corrected chi connectivity index (χ1v) is 11.4. The maximum Gasteiger partial charge on any atom is 0.199 e. The molecule has 1 atom stereocenters. The molecule has 0 unspecified atom stereocenters. The molecule has 0 saturated heterocycles. The Balaban J connectivity index is 1.36. The quantitative estimate of drug-likeness (QED) is 0.324. The molecule has 4 rings (SSSR count). The number of ether oxygens (including phenoxy) is 2. The van der Waals surface area contributed by atoms with Gasteiger partial charge in [-0.3, -0.25) is 9.59 Å². The molecule has 3 aromatic carbocycles. The second kappa shape index (κ2) is 11.3. The number of ketones is 2. The van der Waals surface area contributed by atoms with Crippen molar-refractivity contribution in [3.05, 3.63) is 108 Å². The lowest BCUT2D eigenvalue weighted by Crippen LogP contribution is -2.25. The third-order valence-corrected chi connectivity index (χ3v) is 5.37. The largest absolute Gasteiger partial charge is 0.491 e. The molecule has 0 aliphatic rings. The lowest BCUT2D eigenvalue weighted by atomic mass is 10.1. The summed E-state index contributed by atoms with van der Waals surface area (Å²) in [4.78, 5) is 24.8. The number of Topliss-reactive ketones (excluding diaryl/α,β-unsaturated/α-hetero) is 1. The summed E-state index contributed by atoms with van der Waals surface area (Å²) >= 11 is 0. The van der Waals surface area contributed by atoms with E-state index in [4.69, 9.17) is 9.47 Å². The SMILES string of the molecule is CCC(=O)c1ccc(OC[C@H](O)COc2ccccc2C(=O)c2cnn(-c3ccccc3)c2)cc1. The Labute approximate surface area is 203 Å². The second-order valence-electron chi connectivity index (χ2n) is 7.91. The highest BCUT2D eigenvalue weighted by Gasteiger charge is 2.18. The molecular weight excluding hydrogens is 444 g/mol. The van der Waals surface area contributed by atoms with E-state index in [1.807, 2.05) is 37.3 Å². The van der Waals surface area contributed by atoms with Crippen LogP contribution in [0.1, 0.15) is 39.6 Å². The molecule has 1 aromatic heterocycles. The number of rotatable bonds is 11. The lowest BCUT2D eigenvalue weighted by Gasteiger charge is -2.15. The maximum absolute atomic E-state index is 13.1.